The second-order valence-corrected chi connectivity index (χ2v) is 22.4. The number of nitrogens with zero attached hydrogens (tertiary/aromatic N) is 8. The number of carbonyl (C=O) groups excluding carboxylic acids is 4. The van der Waals surface area contributed by atoms with Gasteiger partial charge in [-0.2, -0.15) is 10.1 Å². The van der Waals surface area contributed by atoms with Crippen molar-refractivity contribution in [2.75, 3.05) is 68.7 Å². The summed E-state index contributed by atoms with van der Waals surface area (Å²) in [5, 5.41) is 22.1. The van der Waals surface area contributed by atoms with Crippen LogP contribution in [0, 0.1) is 11.2 Å². The average molecular weight is 1020 g/mol. The SMILES string of the molecule is COC1=CC(Nc2ncc(Br)c(Nc3ccc4nccnc4c3P(C)(C)=O)n2)(C2(C3CN(c4cc5c(cc4F)C(=O)N(C4CCC(=O)NC4=O)C5=O)CCN3)CCNCC2)C(c2cnn(C)c2)C=C1. The van der Waals surface area contributed by atoms with Crippen molar-refractivity contribution < 1.29 is 32.9 Å². The van der Waals surface area contributed by atoms with Gasteiger partial charge in [0.05, 0.1) is 56.6 Å². The monoisotopic (exact) mass is 1020 g/mol. The normalized spacial score (nSPS) is 23.7. The number of hydrogen-bond acceptors (Lipinski definition) is 16. The van der Waals surface area contributed by atoms with Gasteiger partial charge >= 0.3 is 0 Å². The van der Waals surface area contributed by atoms with Crippen LogP contribution in [-0.2, 0) is 25.9 Å². The number of anilines is 4. The number of imide groups is 2. The summed E-state index contributed by atoms with van der Waals surface area (Å²) in [5.74, 6) is -2.52. The van der Waals surface area contributed by atoms with E-state index in [2.05, 4.69) is 69.7 Å². The van der Waals surface area contributed by atoms with Crippen molar-refractivity contribution in [3.05, 3.63) is 106 Å². The molecule has 358 valence electrons. The van der Waals surface area contributed by atoms with Gasteiger partial charge in [0.15, 0.2) is 0 Å². The fourth-order valence-electron chi connectivity index (χ4n) is 11.0. The van der Waals surface area contributed by atoms with Crippen molar-refractivity contribution in [2.24, 2.45) is 12.5 Å². The Balaban J connectivity index is 1.06. The van der Waals surface area contributed by atoms with Gasteiger partial charge < -0.3 is 35.5 Å². The van der Waals surface area contributed by atoms with E-state index in [0.717, 1.165) is 16.5 Å². The van der Waals surface area contributed by atoms with E-state index >= 15 is 4.39 Å². The number of carbonyl (C=O) groups is 4. The van der Waals surface area contributed by atoms with Gasteiger partial charge in [0, 0.05) is 75.3 Å². The summed E-state index contributed by atoms with van der Waals surface area (Å²) in [5.41, 5.74) is 0.819. The number of methoxy groups -OCH3 is 1. The maximum absolute atomic E-state index is 16.6. The minimum atomic E-state index is -2.93. The standard InChI is InChI=1S/C47H50BrFN13O6P/c1-60-24-26(22-55-60)30-6-5-27(68-2)21-47(30,59-45-54-23-31(48)41(58-45)56-34-8-7-33-39(53-16-15-51-33)40(34)69(3,4)67)46(11-13-50-14-12-46)37-25-61(18-17-52-37)36-20-29-28(19-32(36)49)43(65)62(44(29)66)35-9-10-38(63)57-42(35)64/h5-8,15-16,19-24,30,35,37,50,52H,9-14,17-18,25H2,1-4H3,(H,57,63,64)(H2,54,56,58,59). The summed E-state index contributed by atoms with van der Waals surface area (Å²) in [6.07, 6.45) is 16.0. The molecule has 10 rings (SSSR count). The minimum absolute atomic E-state index is 0.00569. The maximum atomic E-state index is 16.6. The van der Waals surface area contributed by atoms with Crippen LogP contribution in [0.15, 0.2) is 83.7 Å². The predicted octanol–water partition coefficient (Wildman–Crippen LogP) is 4.33. The highest BCUT2D eigenvalue weighted by Gasteiger charge is 2.60. The van der Waals surface area contributed by atoms with E-state index < -0.39 is 53.6 Å². The second-order valence-electron chi connectivity index (χ2n) is 18.4. The van der Waals surface area contributed by atoms with Crippen LogP contribution in [0.1, 0.15) is 57.9 Å². The number of nitrogens with one attached hydrogen (secondary N) is 5. The van der Waals surface area contributed by atoms with Crippen molar-refractivity contribution in [2.45, 2.75) is 49.2 Å². The molecule has 3 saturated heterocycles. The summed E-state index contributed by atoms with van der Waals surface area (Å²) in [6, 6.07) is 4.60. The zero-order chi connectivity index (χ0) is 48.4. The predicted molar refractivity (Wildman–Crippen MR) is 260 cm³/mol. The molecule has 1 aliphatic carbocycles. The Kier molecular flexibility index (Phi) is 12.0. The van der Waals surface area contributed by atoms with Gasteiger partial charge in [-0.15, -0.1) is 0 Å². The molecule has 4 atom stereocenters. The number of allylic oxidation sites excluding steroid dienone is 1. The lowest BCUT2D eigenvalue weighted by Crippen LogP contribution is -2.71. The number of piperidine rings is 2. The van der Waals surface area contributed by atoms with Crippen molar-refractivity contribution >= 4 is 86.2 Å². The van der Waals surface area contributed by atoms with Crippen LogP contribution >= 0.6 is 23.1 Å². The van der Waals surface area contributed by atoms with Gasteiger partial charge in [0.1, 0.15) is 36.1 Å². The largest absolute Gasteiger partial charge is 0.497 e. The number of hydrogen-bond donors (Lipinski definition) is 5. The number of rotatable bonds is 11. The molecule has 0 saturated carbocycles. The number of aryl methyl sites for hydroxylation is 1. The maximum Gasteiger partial charge on any atom is 0.262 e. The third-order valence-electron chi connectivity index (χ3n) is 14.1. The quantitative estimate of drug-likeness (QED) is 0.0916. The fourth-order valence-corrected chi connectivity index (χ4v) is 12.7. The Bertz CT molecular complexity index is 3060. The second kappa shape index (κ2) is 17.8. The Morgan fingerprint density at radius 3 is 2.49 bits per heavy atom. The molecule has 2 aromatic carbocycles. The van der Waals surface area contributed by atoms with Crippen LogP contribution in [0.5, 0.6) is 0 Å². The fraction of sp³-hybridized carbons (Fsp3) is 0.383. The number of benzene rings is 2. The molecule has 3 aromatic heterocycles. The number of aromatic nitrogens is 6. The third-order valence-corrected chi connectivity index (χ3v) is 16.2. The molecule has 19 nitrogen and oxygen atoms in total. The zero-order valence-corrected chi connectivity index (χ0v) is 40.7. The van der Waals surface area contributed by atoms with Crippen LogP contribution < -0.4 is 36.8 Å². The number of amides is 4. The summed E-state index contributed by atoms with van der Waals surface area (Å²) in [7, 11) is 0.557. The molecule has 22 heteroatoms. The molecule has 5 N–H and O–H groups in total. The van der Waals surface area contributed by atoms with Crippen molar-refractivity contribution in [1.82, 2.24) is 50.6 Å². The lowest BCUT2D eigenvalue weighted by Gasteiger charge is -2.60. The average Bonchev–Trinajstić information content (AvgIpc) is 3.87. The van der Waals surface area contributed by atoms with Crippen molar-refractivity contribution in [1.29, 1.82) is 0 Å². The van der Waals surface area contributed by atoms with Crippen molar-refractivity contribution in [3.8, 4) is 0 Å². The Morgan fingerprint density at radius 1 is 1.00 bits per heavy atom. The number of halogens is 2. The highest BCUT2D eigenvalue weighted by molar-refractivity contribution is 9.10. The summed E-state index contributed by atoms with van der Waals surface area (Å²) < 4.78 is 38.9. The lowest BCUT2D eigenvalue weighted by atomic mass is 9.53. The van der Waals surface area contributed by atoms with Crippen LogP contribution in [0.3, 0.4) is 0 Å². The van der Waals surface area contributed by atoms with E-state index in [4.69, 9.17) is 14.7 Å². The van der Waals surface area contributed by atoms with Gasteiger partial charge in [0.25, 0.3) is 11.8 Å². The minimum Gasteiger partial charge on any atom is -0.497 e. The molecule has 7 heterocycles. The molecule has 0 radical (unpaired) electrons. The molecule has 0 bridgehead atoms. The molecule has 69 heavy (non-hydrogen) atoms. The van der Waals surface area contributed by atoms with E-state index in [1.165, 1.54) is 6.07 Å². The first-order valence-corrected chi connectivity index (χ1v) is 26.0. The highest BCUT2D eigenvalue weighted by Crippen LogP contribution is 2.55. The van der Waals surface area contributed by atoms with Crippen LogP contribution in [0.25, 0.3) is 11.0 Å². The van der Waals surface area contributed by atoms with E-state index in [-0.39, 0.29) is 54.1 Å². The summed E-state index contributed by atoms with van der Waals surface area (Å²) in [4.78, 5) is 74.1. The molecule has 0 spiro atoms. The van der Waals surface area contributed by atoms with Gasteiger partial charge in [-0.3, -0.25) is 44.0 Å². The Hall–Kier alpha value is -6.41. The Labute approximate surface area is 404 Å². The molecule has 4 amide bonds. The number of ether oxygens (including phenoxy) is 1. The topological polar surface area (TPSA) is 231 Å². The summed E-state index contributed by atoms with van der Waals surface area (Å²) in [6.45, 7) is 5.76. The van der Waals surface area contributed by atoms with Crippen LogP contribution in [-0.4, -0.2) is 129 Å². The molecule has 5 aromatic rings. The third kappa shape index (κ3) is 8.07. The molecule has 3 fully saturated rings. The van der Waals surface area contributed by atoms with E-state index in [1.807, 2.05) is 42.6 Å². The molecule has 4 unspecified atom stereocenters. The first kappa shape index (κ1) is 46.3. The number of piperazine rings is 1. The smallest absolute Gasteiger partial charge is 0.262 e. The van der Waals surface area contributed by atoms with Gasteiger partial charge in [-0.25, -0.2) is 9.37 Å². The number of fused-ring (bicyclic) bond motifs is 2. The molecule has 5 aliphatic rings. The molecular weight excluding hydrogens is 972 g/mol. The Morgan fingerprint density at radius 2 is 1.77 bits per heavy atom. The summed E-state index contributed by atoms with van der Waals surface area (Å²) >= 11 is 3.67. The van der Waals surface area contributed by atoms with E-state index in [9.17, 15) is 23.7 Å². The van der Waals surface area contributed by atoms with Crippen LogP contribution in [0.4, 0.5) is 27.5 Å². The van der Waals surface area contributed by atoms with Gasteiger partial charge in [-0.1, -0.05) is 6.08 Å². The first-order chi connectivity index (χ1) is 33.1. The highest BCUT2D eigenvalue weighted by atomic mass is 79.9. The van der Waals surface area contributed by atoms with Gasteiger partial charge in [0.2, 0.25) is 17.8 Å². The van der Waals surface area contributed by atoms with Crippen LogP contribution in [0.2, 0.25) is 0 Å². The van der Waals surface area contributed by atoms with Gasteiger partial charge in [-0.05, 0) is 104 Å². The molecular formula is C47H50BrFN13O6P. The lowest BCUT2D eigenvalue weighted by molar-refractivity contribution is -0.136. The first-order valence-electron chi connectivity index (χ1n) is 22.7. The van der Waals surface area contributed by atoms with E-state index in [0.29, 0.717) is 77.1 Å². The van der Waals surface area contributed by atoms with Crippen molar-refractivity contribution in [3.63, 3.8) is 0 Å². The van der Waals surface area contributed by atoms with E-state index in [1.54, 1.807) is 43.7 Å². The zero-order valence-electron chi connectivity index (χ0n) is 38.3. The molecule has 4 aliphatic heterocycles.